The maximum atomic E-state index is 11.6. The van der Waals surface area contributed by atoms with Gasteiger partial charge in [-0.3, -0.25) is 10.1 Å². The first-order valence-corrected chi connectivity index (χ1v) is 5.84. The molecule has 0 aliphatic heterocycles. The highest BCUT2D eigenvalue weighted by Crippen LogP contribution is 2.16. The maximum absolute atomic E-state index is 11.6. The summed E-state index contributed by atoms with van der Waals surface area (Å²) >= 11 is 0. The van der Waals surface area contributed by atoms with Gasteiger partial charge >= 0.3 is 5.37 Å². The van der Waals surface area contributed by atoms with Crippen LogP contribution in [0.3, 0.4) is 0 Å². The van der Waals surface area contributed by atoms with Crippen molar-refractivity contribution in [1.29, 1.82) is 0 Å². The fraction of sp³-hybridized carbons (Fsp3) is 0.333. The van der Waals surface area contributed by atoms with E-state index in [0.29, 0.717) is 0 Å². The van der Waals surface area contributed by atoms with Gasteiger partial charge in [0.25, 0.3) is 0 Å². The molecule has 0 bridgehead atoms. The zero-order chi connectivity index (χ0) is 11.6. The number of sulfone groups is 1. The van der Waals surface area contributed by atoms with Gasteiger partial charge in [-0.15, -0.1) is 0 Å². The standard InChI is InChI=1S/C9H11NO4S/c1-7-3-5-9(6-4-7)15(13,14)8(2)10(11)12/h3-6,8H,1-2H3. The summed E-state index contributed by atoms with van der Waals surface area (Å²) in [6.07, 6.45) is 0. The molecule has 82 valence electrons. The van der Waals surface area contributed by atoms with Gasteiger partial charge in [0, 0.05) is 11.8 Å². The predicted molar refractivity (Wildman–Crippen MR) is 54.8 cm³/mol. The van der Waals surface area contributed by atoms with Crippen LogP contribution in [0.5, 0.6) is 0 Å². The minimum atomic E-state index is -3.85. The first kappa shape index (κ1) is 11.6. The lowest BCUT2D eigenvalue weighted by molar-refractivity contribution is -0.493. The summed E-state index contributed by atoms with van der Waals surface area (Å²) in [7, 11) is -3.85. The van der Waals surface area contributed by atoms with Crippen LogP contribution in [-0.2, 0) is 9.84 Å². The number of benzene rings is 1. The summed E-state index contributed by atoms with van der Waals surface area (Å²) in [5.74, 6) is 0. The Bertz CT molecular complexity index is 463. The summed E-state index contributed by atoms with van der Waals surface area (Å²) in [5, 5.41) is 8.80. The van der Waals surface area contributed by atoms with Crippen LogP contribution in [-0.4, -0.2) is 18.7 Å². The highest BCUT2D eigenvalue weighted by Gasteiger charge is 2.32. The molecule has 0 aromatic heterocycles. The Balaban J connectivity index is 3.17. The van der Waals surface area contributed by atoms with Gasteiger partial charge in [-0.2, -0.15) is 0 Å². The van der Waals surface area contributed by atoms with E-state index < -0.39 is 20.1 Å². The van der Waals surface area contributed by atoms with Crippen LogP contribution in [0.25, 0.3) is 0 Å². The van der Waals surface area contributed by atoms with E-state index in [4.69, 9.17) is 0 Å². The molecule has 0 spiro atoms. The van der Waals surface area contributed by atoms with Crippen molar-refractivity contribution in [3.63, 3.8) is 0 Å². The highest BCUT2D eigenvalue weighted by atomic mass is 32.2. The van der Waals surface area contributed by atoms with Crippen LogP contribution in [0.15, 0.2) is 29.2 Å². The molecule has 1 atom stereocenters. The molecule has 0 amide bonds. The summed E-state index contributed by atoms with van der Waals surface area (Å²) in [6, 6.07) is 5.98. The summed E-state index contributed by atoms with van der Waals surface area (Å²) in [5.41, 5.74) is 0.905. The highest BCUT2D eigenvalue weighted by molar-refractivity contribution is 7.91. The summed E-state index contributed by atoms with van der Waals surface area (Å²) < 4.78 is 23.3. The molecule has 0 fully saturated rings. The molecular weight excluding hydrogens is 218 g/mol. The normalized spacial score (nSPS) is 13.5. The van der Waals surface area contributed by atoms with Crippen molar-refractivity contribution in [2.45, 2.75) is 24.1 Å². The minimum absolute atomic E-state index is 0.0164. The molecule has 15 heavy (non-hydrogen) atoms. The van der Waals surface area contributed by atoms with Gasteiger partial charge in [-0.25, -0.2) is 8.42 Å². The molecule has 1 aromatic rings. The average molecular weight is 229 g/mol. The molecule has 1 unspecified atom stereocenters. The Kier molecular flexibility index (Phi) is 3.09. The molecule has 0 saturated carbocycles. The van der Waals surface area contributed by atoms with Crippen molar-refractivity contribution in [3.05, 3.63) is 39.9 Å². The third-order valence-corrected chi connectivity index (χ3v) is 4.09. The Labute approximate surface area is 87.8 Å². The smallest absolute Gasteiger partial charge is 0.263 e. The van der Waals surface area contributed by atoms with Crippen molar-refractivity contribution in [2.75, 3.05) is 0 Å². The van der Waals surface area contributed by atoms with Crippen LogP contribution in [0, 0.1) is 17.0 Å². The first-order chi connectivity index (χ1) is 6.85. The fourth-order valence-electron chi connectivity index (χ4n) is 1.04. The fourth-order valence-corrected chi connectivity index (χ4v) is 2.17. The topological polar surface area (TPSA) is 77.3 Å². The lowest BCUT2D eigenvalue weighted by Crippen LogP contribution is -2.26. The van der Waals surface area contributed by atoms with E-state index >= 15 is 0 Å². The van der Waals surface area contributed by atoms with E-state index in [2.05, 4.69) is 0 Å². The van der Waals surface area contributed by atoms with Crippen LogP contribution in [0.1, 0.15) is 12.5 Å². The lowest BCUT2D eigenvalue weighted by atomic mass is 10.2. The molecule has 0 radical (unpaired) electrons. The van der Waals surface area contributed by atoms with E-state index in [1.807, 2.05) is 6.92 Å². The van der Waals surface area contributed by atoms with Crippen LogP contribution < -0.4 is 0 Å². The van der Waals surface area contributed by atoms with Crippen molar-refractivity contribution in [1.82, 2.24) is 0 Å². The zero-order valence-corrected chi connectivity index (χ0v) is 9.19. The number of nitrogens with zero attached hydrogens (tertiary/aromatic N) is 1. The summed E-state index contributed by atoms with van der Waals surface area (Å²) in [6.45, 7) is 2.88. The Morgan fingerprint density at radius 2 is 1.73 bits per heavy atom. The van der Waals surface area contributed by atoms with Crippen molar-refractivity contribution < 1.29 is 13.3 Å². The van der Waals surface area contributed by atoms with E-state index in [0.717, 1.165) is 12.5 Å². The second kappa shape index (κ2) is 3.98. The molecule has 0 N–H and O–H groups in total. The van der Waals surface area contributed by atoms with Gasteiger partial charge in [0.2, 0.25) is 9.84 Å². The number of rotatable bonds is 3. The van der Waals surface area contributed by atoms with Crippen LogP contribution in [0.2, 0.25) is 0 Å². The van der Waals surface area contributed by atoms with Crippen molar-refractivity contribution >= 4 is 9.84 Å². The molecular formula is C9H11NO4S. The molecule has 6 heteroatoms. The van der Waals surface area contributed by atoms with Crippen molar-refractivity contribution in [3.8, 4) is 0 Å². The molecule has 5 nitrogen and oxygen atoms in total. The van der Waals surface area contributed by atoms with Crippen LogP contribution in [0.4, 0.5) is 0 Å². The Hall–Kier alpha value is -1.43. The molecule has 0 saturated heterocycles. The van der Waals surface area contributed by atoms with Gasteiger partial charge in [0.15, 0.2) is 0 Å². The van der Waals surface area contributed by atoms with Crippen LogP contribution >= 0.6 is 0 Å². The second-order valence-corrected chi connectivity index (χ2v) is 5.49. The van der Waals surface area contributed by atoms with E-state index in [9.17, 15) is 18.5 Å². The maximum Gasteiger partial charge on any atom is 0.311 e. The molecule has 1 aromatic carbocycles. The van der Waals surface area contributed by atoms with Crippen molar-refractivity contribution in [2.24, 2.45) is 0 Å². The van der Waals surface area contributed by atoms with E-state index in [1.54, 1.807) is 12.1 Å². The predicted octanol–water partition coefficient (Wildman–Crippen LogP) is 1.39. The average Bonchev–Trinajstić information content (AvgIpc) is 2.17. The van der Waals surface area contributed by atoms with Gasteiger partial charge in [0.1, 0.15) is 0 Å². The van der Waals surface area contributed by atoms with Gasteiger partial charge in [-0.05, 0) is 19.1 Å². The zero-order valence-electron chi connectivity index (χ0n) is 8.38. The largest absolute Gasteiger partial charge is 0.311 e. The molecule has 0 aliphatic rings. The van der Waals surface area contributed by atoms with Gasteiger partial charge in [-0.1, -0.05) is 17.7 Å². The number of hydrogen-bond donors (Lipinski definition) is 0. The Morgan fingerprint density at radius 3 is 2.13 bits per heavy atom. The SMILES string of the molecule is Cc1ccc(S(=O)(=O)C(C)[N+](=O)[O-])cc1. The lowest BCUT2D eigenvalue weighted by Gasteiger charge is -2.05. The Morgan fingerprint density at radius 1 is 1.27 bits per heavy atom. The molecule has 1 rings (SSSR count). The monoisotopic (exact) mass is 229 g/mol. The number of hydrogen-bond acceptors (Lipinski definition) is 4. The molecule has 0 aliphatic carbocycles. The third-order valence-electron chi connectivity index (χ3n) is 2.10. The van der Waals surface area contributed by atoms with Gasteiger partial charge in [0.05, 0.1) is 4.90 Å². The first-order valence-electron chi connectivity index (χ1n) is 4.30. The summed E-state index contributed by atoms with van der Waals surface area (Å²) in [4.78, 5) is 9.59. The van der Waals surface area contributed by atoms with Gasteiger partial charge < -0.3 is 0 Å². The number of nitro groups is 1. The van der Waals surface area contributed by atoms with E-state index in [-0.39, 0.29) is 4.90 Å². The third kappa shape index (κ3) is 2.33. The minimum Gasteiger partial charge on any atom is -0.263 e. The van der Waals surface area contributed by atoms with E-state index in [1.165, 1.54) is 12.1 Å². The number of aryl methyl sites for hydroxylation is 1. The second-order valence-electron chi connectivity index (χ2n) is 3.24. The quantitative estimate of drug-likeness (QED) is 0.579. The molecule has 0 heterocycles.